The summed E-state index contributed by atoms with van der Waals surface area (Å²) < 4.78 is 1.43. The number of para-hydroxylation sites is 1. The first-order valence-corrected chi connectivity index (χ1v) is 9.98. The lowest BCUT2D eigenvalue weighted by Crippen LogP contribution is -2.22. The van der Waals surface area contributed by atoms with Crippen molar-refractivity contribution in [2.24, 2.45) is 4.99 Å². The number of nitrogens with zero attached hydrogens (tertiary/aromatic N) is 2. The Kier molecular flexibility index (Phi) is 5.07. The van der Waals surface area contributed by atoms with Gasteiger partial charge in [-0.3, -0.25) is 15.2 Å². The van der Waals surface area contributed by atoms with Gasteiger partial charge in [0.1, 0.15) is 0 Å². The Labute approximate surface area is 179 Å². The fraction of sp³-hybridized carbons (Fsp3) is 0. The number of aromatic hydroxyl groups is 1. The molecule has 5 nitrogen and oxygen atoms in total. The van der Waals surface area contributed by atoms with E-state index in [9.17, 15) is 9.90 Å². The molecule has 2 heterocycles. The van der Waals surface area contributed by atoms with E-state index in [-0.39, 0.29) is 20.4 Å². The molecule has 28 heavy (non-hydrogen) atoms. The third-order valence-electron chi connectivity index (χ3n) is 4.05. The summed E-state index contributed by atoms with van der Waals surface area (Å²) in [4.78, 5) is 17.4. The van der Waals surface area contributed by atoms with Crippen molar-refractivity contribution in [2.75, 3.05) is 5.43 Å². The maximum atomic E-state index is 12.5. The van der Waals surface area contributed by atoms with E-state index in [1.807, 2.05) is 24.3 Å². The zero-order valence-electron chi connectivity index (χ0n) is 14.0. The number of halogens is 2. The van der Waals surface area contributed by atoms with E-state index in [2.05, 4.69) is 10.4 Å². The highest BCUT2D eigenvalue weighted by Crippen LogP contribution is 2.35. The summed E-state index contributed by atoms with van der Waals surface area (Å²) in [5, 5.41) is 11.2. The fourth-order valence-electron chi connectivity index (χ4n) is 2.71. The lowest BCUT2D eigenvalue weighted by molar-refractivity contribution is 0.101. The van der Waals surface area contributed by atoms with Crippen LogP contribution >= 0.6 is 46.8 Å². The van der Waals surface area contributed by atoms with Gasteiger partial charge in [-0.15, -0.1) is 0 Å². The fourth-order valence-corrected chi connectivity index (χ4v) is 4.38. The van der Waals surface area contributed by atoms with E-state index in [1.54, 1.807) is 18.4 Å². The molecule has 4 rings (SSSR count). The van der Waals surface area contributed by atoms with Gasteiger partial charge in [-0.1, -0.05) is 52.7 Å². The maximum absolute atomic E-state index is 12.5. The van der Waals surface area contributed by atoms with Crippen LogP contribution in [-0.4, -0.2) is 21.9 Å². The van der Waals surface area contributed by atoms with Gasteiger partial charge in [-0.2, -0.15) is 4.68 Å². The number of carbonyl (C=O) groups is 1. The first-order valence-electron chi connectivity index (χ1n) is 8.00. The van der Waals surface area contributed by atoms with Crippen LogP contribution in [0.15, 0.2) is 47.5 Å². The number of carbonyl (C=O) groups excluding carboxylic acids is 1. The molecule has 0 radical (unpaired) electrons. The van der Waals surface area contributed by atoms with Gasteiger partial charge >= 0.3 is 0 Å². The van der Waals surface area contributed by atoms with Crippen LogP contribution in [0, 0.1) is 3.95 Å². The molecule has 3 aromatic rings. The van der Waals surface area contributed by atoms with Gasteiger partial charge in [-0.05, 0) is 42.6 Å². The van der Waals surface area contributed by atoms with E-state index in [1.165, 1.54) is 23.5 Å². The highest BCUT2D eigenvalue weighted by atomic mass is 35.5. The second-order valence-electron chi connectivity index (χ2n) is 5.83. The summed E-state index contributed by atoms with van der Waals surface area (Å²) in [6.45, 7) is 0. The molecular weight excluding hydrogens is 437 g/mol. The Morgan fingerprint density at radius 3 is 2.82 bits per heavy atom. The van der Waals surface area contributed by atoms with Crippen LogP contribution in [-0.2, 0) is 0 Å². The van der Waals surface area contributed by atoms with Crippen LogP contribution in [0.4, 0.5) is 5.69 Å². The van der Waals surface area contributed by atoms with E-state index in [4.69, 9.17) is 35.4 Å². The number of hydrogen-bond acceptors (Lipinski definition) is 5. The first kappa shape index (κ1) is 18.9. The lowest BCUT2D eigenvalue weighted by Gasteiger charge is -2.09. The van der Waals surface area contributed by atoms with Gasteiger partial charge in [0, 0.05) is 22.4 Å². The number of amides is 1. The standard InChI is InChI=1S/C19H11Cl2N3O2S2/c20-11-5-6-13(14(21)8-11)17(25)23-24-18(26)16(28-19(24)27)7-10-9-22-15-4-2-1-3-12(10)15/h1-9,26H,(H,23,25)/b10-7+. The maximum Gasteiger partial charge on any atom is 0.271 e. The normalized spacial score (nSPS) is 13.7. The van der Waals surface area contributed by atoms with Crippen molar-refractivity contribution in [2.45, 2.75) is 0 Å². The van der Waals surface area contributed by atoms with E-state index in [0.717, 1.165) is 21.5 Å². The summed E-state index contributed by atoms with van der Waals surface area (Å²) in [5.74, 6) is -0.684. The number of aromatic nitrogens is 1. The highest BCUT2D eigenvalue weighted by molar-refractivity contribution is 7.73. The molecule has 1 aliphatic rings. The first-order chi connectivity index (χ1) is 13.4. The van der Waals surface area contributed by atoms with Crippen LogP contribution in [0.25, 0.3) is 11.6 Å². The second kappa shape index (κ2) is 7.52. The second-order valence-corrected chi connectivity index (χ2v) is 8.35. The Morgan fingerprint density at radius 2 is 2.04 bits per heavy atom. The van der Waals surface area contributed by atoms with Crippen molar-refractivity contribution < 1.29 is 9.90 Å². The molecule has 0 unspecified atom stereocenters. The van der Waals surface area contributed by atoms with Gasteiger partial charge in [0.05, 0.1) is 21.2 Å². The predicted octanol–water partition coefficient (Wildman–Crippen LogP) is 5.93. The minimum Gasteiger partial charge on any atom is -0.492 e. The van der Waals surface area contributed by atoms with Crippen molar-refractivity contribution >= 4 is 76.2 Å². The smallest absolute Gasteiger partial charge is 0.271 e. The lowest BCUT2D eigenvalue weighted by atomic mass is 10.1. The van der Waals surface area contributed by atoms with Crippen LogP contribution in [0.5, 0.6) is 5.88 Å². The monoisotopic (exact) mass is 447 g/mol. The van der Waals surface area contributed by atoms with Crippen molar-refractivity contribution in [1.82, 2.24) is 4.68 Å². The number of benzene rings is 2. The van der Waals surface area contributed by atoms with Crippen LogP contribution < -0.4 is 5.43 Å². The van der Waals surface area contributed by atoms with Crippen molar-refractivity contribution in [3.05, 3.63) is 72.5 Å². The molecule has 140 valence electrons. The molecule has 2 aromatic carbocycles. The molecule has 0 saturated heterocycles. The molecular formula is C19H11Cl2N3O2S2. The molecule has 0 atom stereocenters. The molecule has 9 heteroatoms. The average molecular weight is 448 g/mol. The SMILES string of the molecule is O=C(Nn1c(O)c(/C=C2\C=Nc3ccccc32)sc1=S)c1ccc(Cl)cc1Cl. The number of fused-ring (bicyclic) bond motifs is 1. The number of aliphatic imine (C=N–C) groups is 1. The van der Waals surface area contributed by atoms with Gasteiger partial charge in [-0.25, -0.2) is 0 Å². The molecule has 0 saturated carbocycles. The molecule has 0 spiro atoms. The number of hydrogen-bond donors (Lipinski definition) is 2. The summed E-state index contributed by atoms with van der Waals surface area (Å²) in [7, 11) is 0. The predicted molar refractivity (Wildman–Crippen MR) is 117 cm³/mol. The molecule has 0 fully saturated rings. The van der Waals surface area contributed by atoms with Crippen LogP contribution in [0.1, 0.15) is 20.8 Å². The summed E-state index contributed by atoms with van der Waals surface area (Å²) >= 11 is 18.4. The molecule has 1 aliphatic heterocycles. The summed E-state index contributed by atoms with van der Waals surface area (Å²) in [6.07, 6.45) is 3.51. The molecule has 2 N–H and O–H groups in total. The number of nitrogens with one attached hydrogen (secondary N) is 1. The third-order valence-corrected chi connectivity index (χ3v) is 5.90. The minimum atomic E-state index is -0.516. The Morgan fingerprint density at radius 1 is 1.25 bits per heavy atom. The van der Waals surface area contributed by atoms with E-state index >= 15 is 0 Å². The van der Waals surface area contributed by atoms with Gasteiger partial charge in [0.2, 0.25) is 5.88 Å². The summed E-state index contributed by atoms with van der Waals surface area (Å²) in [6, 6.07) is 12.2. The van der Waals surface area contributed by atoms with E-state index < -0.39 is 5.91 Å². The average Bonchev–Trinajstić information content (AvgIpc) is 3.18. The molecule has 0 bridgehead atoms. The van der Waals surface area contributed by atoms with E-state index in [0.29, 0.717) is 9.90 Å². The molecule has 1 amide bonds. The van der Waals surface area contributed by atoms with Crippen molar-refractivity contribution in [1.29, 1.82) is 0 Å². The number of allylic oxidation sites excluding steroid dienone is 1. The van der Waals surface area contributed by atoms with Crippen molar-refractivity contribution in [3.8, 4) is 5.88 Å². The largest absolute Gasteiger partial charge is 0.492 e. The van der Waals surface area contributed by atoms with Gasteiger partial charge in [0.15, 0.2) is 3.95 Å². The Hall–Kier alpha value is -2.45. The number of rotatable bonds is 3. The Balaban J connectivity index is 1.66. The number of thiazole rings is 1. The van der Waals surface area contributed by atoms with Gasteiger partial charge in [0.25, 0.3) is 5.91 Å². The molecule has 0 aliphatic carbocycles. The van der Waals surface area contributed by atoms with Crippen molar-refractivity contribution in [3.63, 3.8) is 0 Å². The zero-order chi connectivity index (χ0) is 19.8. The summed E-state index contributed by atoms with van der Waals surface area (Å²) in [5.41, 5.74) is 5.46. The minimum absolute atomic E-state index is 0.168. The quantitative estimate of drug-likeness (QED) is 0.488. The third kappa shape index (κ3) is 3.49. The topological polar surface area (TPSA) is 66.6 Å². The van der Waals surface area contributed by atoms with Crippen LogP contribution in [0.2, 0.25) is 10.0 Å². The van der Waals surface area contributed by atoms with Gasteiger partial charge < -0.3 is 5.11 Å². The molecule has 1 aromatic heterocycles. The van der Waals surface area contributed by atoms with Crippen LogP contribution in [0.3, 0.4) is 0 Å². The zero-order valence-corrected chi connectivity index (χ0v) is 17.2. The Bertz CT molecular complexity index is 1230. The highest BCUT2D eigenvalue weighted by Gasteiger charge is 2.18.